The van der Waals surface area contributed by atoms with Crippen molar-refractivity contribution in [2.75, 3.05) is 0 Å². The van der Waals surface area contributed by atoms with Gasteiger partial charge < -0.3 is 0 Å². The van der Waals surface area contributed by atoms with Crippen molar-refractivity contribution in [3.63, 3.8) is 0 Å². The average Bonchev–Trinajstić information content (AvgIpc) is 2.59. The predicted molar refractivity (Wildman–Crippen MR) is 98.9 cm³/mol. The second-order valence-electron chi connectivity index (χ2n) is 6.07. The molecule has 1 fully saturated rings. The molecule has 1 nitrogen and oxygen atoms in total. The Morgan fingerprint density at radius 1 is 0.870 bits per heavy atom. The monoisotopic (exact) mass is 438 g/mol. The van der Waals surface area contributed by atoms with Crippen LogP contribution in [0.5, 0.6) is 0 Å². The van der Waals surface area contributed by atoms with E-state index in [1.54, 1.807) is 0 Å². The second-order valence-corrected chi connectivity index (χ2v) is 12.7. The molecule has 0 radical (unpaired) electrons. The molecule has 120 valence electrons. The Kier molecular flexibility index (Phi) is 6.14. The minimum absolute atomic E-state index is 0.259. The summed E-state index contributed by atoms with van der Waals surface area (Å²) in [5.74, 6) is 1.06. The van der Waals surface area contributed by atoms with Crippen molar-refractivity contribution in [3.05, 3.63) is 60.7 Å². The van der Waals surface area contributed by atoms with Gasteiger partial charge in [-0.2, -0.15) is 0 Å². The van der Waals surface area contributed by atoms with Crippen LogP contribution in [0.2, 0.25) is 3.71 Å². The van der Waals surface area contributed by atoms with E-state index >= 15 is 0 Å². The molecule has 0 N–H and O–H groups in total. The topological polar surface area (TPSA) is 17.1 Å². The molecule has 2 unspecified atom stereocenters. The minimum atomic E-state index is 0.259. The van der Waals surface area contributed by atoms with Gasteiger partial charge in [-0.05, 0) is 0 Å². The summed E-state index contributed by atoms with van der Waals surface area (Å²) >= 11 is 0.739. The molecule has 0 saturated heterocycles. The third kappa shape index (κ3) is 4.58. The Hall–Kier alpha value is -0.851. The van der Waals surface area contributed by atoms with E-state index in [1.807, 2.05) is 0 Å². The van der Waals surface area contributed by atoms with Crippen molar-refractivity contribution >= 4 is 44.6 Å². The zero-order valence-corrected chi connectivity index (χ0v) is 16.8. The van der Waals surface area contributed by atoms with Crippen LogP contribution in [0.4, 0.5) is 0 Å². The second kappa shape index (κ2) is 8.31. The molecule has 2 atom stereocenters. The predicted octanol–water partition coefficient (Wildman–Crippen LogP) is 2.80. The molecule has 23 heavy (non-hydrogen) atoms. The number of hydrogen-bond donors (Lipinski definition) is 0. The van der Waals surface area contributed by atoms with Crippen LogP contribution in [-0.2, 0) is 4.79 Å². The van der Waals surface area contributed by atoms with Crippen molar-refractivity contribution < 1.29 is 4.79 Å². The molecule has 0 aromatic heterocycles. The molecule has 0 amide bonds. The van der Waals surface area contributed by atoms with Gasteiger partial charge in [0.25, 0.3) is 0 Å². The first-order chi connectivity index (χ1) is 11.2. The first kappa shape index (κ1) is 17.0. The number of hydrogen-bond acceptors (Lipinski definition) is 1. The molecule has 3 rings (SSSR count). The number of rotatable bonds is 5. The number of carbonyl (C=O) groups is 1. The van der Waals surface area contributed by atoms with E-state index in [1.165, 1.54) is 15.3 Å². The van der Waals surface area contributed by atoms with Gasteiger partial charge in [-0.15, -0.1) is 0 Å². The molecule has 1 saturated carbocycles. The first-order valence-corrected chi connectivity index (χ1v) is 11.9. The van der Waals surface area contributed by atoms with Crippen LogP contribution in [0, 0.1) is 11.8 Å². The normalized spacial score (nSPS) is 21.6. The van der Waals surface area contributed by atoms with Crippen LogP contribution in [-0.4, -0.2) is 35.7 Å². The molecule has 2 aromatic carbocycles. The summed E-state index contributed by atoms with van der Waals surface area (Å²) in [5.41, 5.74) is 0. The number of carbonyl (C=O) groups excluding carboxylic acids is 1. The van der Waals surface area contributed by atoms with E-state index in [0.29, 0.717) is 39.4 Å². The Bertz CT molecular complexity index is 585. The van der Waals surface area contributed by atoms with E-state index in [0.717, 1.165) is 12.8 Å². The zero-order valence-electron chi connectivity index (χ0n) is 13.4. The number of Topliss-reactive ketones (excluding diaryl/α,β-unsaturated/α-hetero) is 1. The van der Waals surface area contributed by atoms with Crippen molar-refractivity contribution in [1.82, 2.24) is 0 Å². The van der Waals surface area contributed by atoms with Gasteiger partial charge in [0.15, 0.2) is 0 Å². The maximum absolute atomic E-state index is 12.8. The molecule has 3 heteroatoms. The van der Waals surface area contributed by atoms with Crippen molar-refractivity contribution in [3.8, 4) is 0 Å². The number of benzene rings is 2. The molecule has 1 aliphatic rings. The van der Waals surface area contributed by atoms with Crippen molar-refractivity contribution in [1.29, 1.82) is 0 Å². The molecular weight excluding hydrogens is 414 g/mol. The Labute approximate surface area is 151 Å². The fourth-order valence-corrected chi connectivity index (χ4v) is 10.3. The molecule has 2 aromatic rings. The molecule has 0 spiro atoms. The van der Waals surface area contributed by atoms with E-state index in [2.05, 4.69) is 67.6 Å². The van der Waals surface area contributed by atoms with Gasteiger partial charge in [0.1, 0.15) is 0 Å². The van der Waals surface area contributed by atoms with E-state index in [9.17, 15) is 4.79 Å². The van der Waals surface area contributed by atoms with Gasteiger partial charge in [0, 0.05) is 0 Å². The van der Waals surface area contributed by atoms with E-state index < -0.39 is 0 Å². The van der Waals surface area contributed by atoms with Crippen LogP contribution < -0.4 is 8.92 Å². The van der Waals surface area contributed by atoms with Crippen molar-refractivity contribution in [2.24, 2.45) is 11.8 Å². The fourth-order valence-electron chi connectivity index (χ4n) is 3.02. The van der Waals surface area contributed by atoms with E-state index in [4.69, 9.17) is 0 Å². The van der Waals surface area contributed by atoms with Crippen molar-refractivity contribution in [2.45, 2.75) is 29.9 Å². The fraction of sp³-hybridized carbons (Fsp3) is 0.350. The summed E-state index contributed by atoms with van der Waals surface area (Å²) in [6.45, 7) is 2.12. The van der Waals surface area contributed by atoms with Crippen LogP contribution in [0.3, 0.4) is 0 Å². The van der Waals surface area contributed by atoms with Gasteiger partial charge in [0.05, 0.1) is 0 Å². The summed E-state index contributed by atoms with van der Waals surface area (Å²) < 4.78 is 3.39. The Balaban J connectivity index is 1.82. The summed E-state index contributed by atoms with van der Waals surface area (Å²) in [4.78, 5) is 12.8. The third-order valence-electron chi connectivity index (χ3n) is 4.32. The van der Waals surface area contributed by atoms with Gasteiger partial charge in [0.2, 0.25) is 0 Å². The molecule has 0 bridgehead atoms. The summed E-state index contributed by atoms with van der Waals surface area (Å²) in [6, 6.07) is 21.5. The number of ketones is 1. The standard InChI is InChI=1S/C20H22OSe2/c1-15-9-8-14-18(19(15)21)20(22-16-10-4-2-5-11-16)23-17-12-6-3-7-13-17/h2-7,10-13,15,18,20H,8-9,14H2,1H3. The van der Waals surface area contributed by atoms with E-state index in [-0.39, 0.29) is 11.8 Å². The van der Waals surface area contributed by atoms with Crippen LogP contribution in [0.25, 0.3) is 0 Å². The Morgan fingerprint density at radius 2 is 1.39 bits per heavy atom. The molecule has 0 heterocycles. The van der Waals surface area contributed by atoms with Gasteiger partial charge in [-0.3, -0.25) is 0 Å². The first-order valence-electron chi connectivity index (χ1n) is 8.21. The SMILES string of the molecule is CC1CCCC(C([Se]c2ccccc2)[Se]c2ccccc2)C1=O. The molecular formula is C20H22OSe2. The average molecular weight is 436 g/mol. The van der Waals surface area contributed by atoms with Gasteiger partial charge in [-0.25, -0.2) is 0 Å². The zero-order chi connectivity index (χ0) is 16.1. The Morgan fingerprint density at radius 3 is 1.91 bits per heavy atom. The van der Waals surface area contributed by atoms with Crippen LogP contribution in [0.15, 0.2) is 60.7 Å². The third-order valence-corrected chi connectivity index (χ3v) is 11.1. The summed E-state index contributed by atoms with van der Waals surface area (Å²) in [7, 11) is 0. The quantitative estimate of drug-likeness (QED) is 0.660. The van der Waals surface area contributed by atoms with Gasteiger partial charge >= 0.3 is 152 Å². The molecule has 1 aliphatic carbocycles. The maximum atomic E-state index is 12.8. The summed E-state index contributed by atoms with van der Waals surface area (Å²) in [6.07, 6.45) is 3.39. The van der Waals surface area contributed by atoms with Crippen LogP contribution in [0.1, 0.15) is 26.2 Å². The molecule has 0 aliphatic heterocycles. The van der Waals surface area contributed by atoms with Crippen LogP contribution >= 0.6 is 0 Å². The summed E-state index contributed by atoms with van der Waals surface area (Å²) in [5, 5.41) is 0. The van der Waals surface area contributed by atoms with Gasteiger partial charge in [-0.1, -0.05) is 0 Å².